The number of nitrogens with zero attached hydrogens (tertiary/aromatic N) is 1. The van der Waals surface area contributed by atoms with Crippen LogP contribution >= 0.6 is 0 Å². The molecule has 0 bridgehead atoms. The molecule has 0 atom stereocenters. The average molecular weight is 244 g/mol. The van der Waals surface area contributed by atoms with Crippen LogP contribution in [-0.2, 0) is 13.0 Å². The highest BCUT2D eigenvalue weighted by atomic mass is 16.3. The molecule has 18 heavy (non-hydrogen) atoms. The van der Waals surface area contributed by atoms with E-state index in [9.17, 15) is 0 Å². The van der Waals surface area contributed by atoms with E-state index in [0.29, 0.717) is 6.54 Å². The van der Waals surface area contributed by atoms with Gasteiger partial charge in [-0.2, -0.15) is 0 Å². The largest absolute Gasteiger partial charge is 0.472 e. The predicted molar refractivity (Wildman–Crippen MR) is 74.8 cm³/mol. The minimum Gasteiger partial charge on any atom is -0.472 e. The summed E-state index contributed by atoms with van der Waals surface area (Å²) in [7, 11) is 2.09. The zero-order chi connectivity index (χ0) is 13.0. The monoisotopic (exact) mass is 244 g/mol. The van der Waals surface area contributed by atoms with Crippen molar-refractivity contribution in [2.75, 3.05) is 18.5 Å². The van der Waals surface area contributed by atoms with Crippen molar-refractivity contribution in [1.82, 2.24) is 0 Å². The molecule has 2 N–H and O–H groups in total. The van der Waals surface area contributed by atoms with Gasteiger partial charge in [0.2, 0.25) is 0 Å². The third kappa shape index (κ3) is 2.93. The number of anilines is 1. The topological polar surface area (TPSA) is 42.4 Å². The van der Waals surface area contributed by atoms with Crippen LogP contribution in [0.1, 0.15) is 16.7 Å². The molecule has 2 rings (SSSR count). The Hall–Kier alpha value is -1.74. The highest BCUT2D eigenvalue weighted by Crippen LogP contribution is 2.23. The van der Waals surface area contributed by atoms with Crippen LogP contribution in [0.4, 0.5) is 5.69 Å². The van der Waals surface area contributed by atoms with E-state index in [1.165, 1.54) is 22.4 Å². The summed E-state index contributed by atoms with van der Waals surface area (Å²) in [4.78, 5) is 2.23. The number of benzene rings is 1. The lowest BCUT2D eigenvalue weighted by molar-refractivity contribution is 0.563. The summed E-state index contributed by atoms with van der Waals surface area (Å²) >= 11 is 0. The first kappa shape index (κ1) is 12.7. The van der Waals surface area contributed by atoms with Crippen LogP contribution in [0.15, 0.2) is 41.2 Å². The van der Waals surface area contributed by atoms with Crippen LogP contribution in [0.2, 0.25) is 0 Å². The molecule has 0 aliphatic rings. The van der Waals surface area contributed by atoms with Gasteiger partial charge in [-0.1, -0.05) is 17.7 Å². The molecule has 0 aliphatic carbocycles. The number of nitrogens with two attached hydrogens (primary N) is 1. The molecule has 0 spiro atoms. The van der Waals surface area contributed by atoms with E-state index in [0.717, 1.165) is 13.0 Å². The SMILES string of the molecule is Cc1ccc(N(C)Cc2ccoc2)c(CCN)c1. The normalized spacial score (nSPS) is 10.6. The Labute approximate surface area is 108 Å². The van der Waals surface area contributed by atoms with Crippen molar-refractivity contribution in [2.24, 2.45) is 5.73 Å². The maximum Gasteiger partial charge on any atom is 0.0952 e. The summed E-state index contributed by atoms with van der Waals surface area (Å²) in [5.74, 6) is 0. The zero-order valence-electron chi connectivity index (χ0n) is 11.0. The number of aryl methyl sites for hydroxylation is 1. The summed E-state index contributed by atoms with van der Waals surface area (Å²) in [6, 6.07) is 8.52. The lowest BCUT2D eigenvalue weighted by Crippen LogP contribution is -2.18. The van der Waals surface area contributed by atoms with Gasteiger partial charge in [-0.15, -0.1) is 0 Å². The molecule has 0 unspecified atom stereocenters. The Morgan fingerprint density at radius 3 is 2.78 bits per heavy atom. The molecule has 2 aromatic rings. The second kappa shape index (κ2) is 5.74. The van der Waals surface area contributed by atoms with Gasteiger partial charge in [0.15, 0.2) is 0 Å². The smallest absolute Gasteiger partial charge is 0.0952 e. The second-order valence-corrected chi connectivity index (χ2v) is 4.66. The molecule has 96 valence electrons. The Morgan fingerprint density at radius 2 is 2.11 bits per heavy atom. The maximum atomic E-state index is 5.68. The molecule has 0 radical (unpaired) electrons. The van der Waals surface area contributed by atoms with E-state index in [-0.39, 0.29) is 0 Å². The molecule has 1 aromatic carbocycles. The van der Waals surface area contributed by atoms with Crippen LogP contribution in [-0.4, -0.2) is 13.6 Å². The molecule has 0 saturated carbocycles. The van der Waals surface area contributed by atoms with Gasteiger partial charge in [0.1, 0.15) is 0 Å². The van der Waals surface area contributed by atoms with Crippen molar-refractivity contribution < 1.29 is 4.42 Å². The van der Waals surface area contributed by atoms with Crippen LogP contribution in [0, 0.1) is 6.92 Å². The Balaban J connectivity index is 2.20. The molecule has 1 heterocycles. The van der Waals surface area contributed by atoms with Crippen LogP contribution in [0.25, 0.3) is 0 Å². The summed E-state index contributed by atoms with van der Waals surface area (Å²) in [6.45, 7) is 3.63. The van der Waals surface area contributed by atoms with Crippen molar-refractivity contribution in [3.05, 3.63) is 53.5 Å². The van der Waals surface area contributed by atoms with Crippen LogP contribution in [0.3, 0.4) is 0 Å². The number of furan rings is 1. The highest BCUT2D eigenvalue weighted by Gasteiger charge is 2.08. The third-order valence-corrected chi connectivity index (χ3v) is 3.06. The fourth-order valence-corrected chi connectivity index (χ4v) is 2.18. The van der Waals surface area contributed by atoms with Gasteiger partial charge in [0.25, 0.3) is 0 Å². The fraction of sp³-hybridized carbons (Fsp3) is 0.333. The van der Waals surface area contributed by atoms with Crippen LogP contribution < -0.4 is 10.6 Å². The molecule has 0 aliphatic heterocycles. The molecule has 3 nitrogen and oxygen atoms in total. The second-order valence-electron chi connectivity index (χ2n) is 4.66. The zero-order valence-corrected chi connectivity index (χ0v) is 11.0. The van der Waals surface area contributed by atoms with Gasteiger partial charge >= 0.3 is 0 Å². The highest BCUT2D eigenvalue weighted by molar-refractivity contribution is 5.54. The average Bonchev–Trinajstić information content (AvgIpc) is 2.82. The standard InChI is InChI=1S/C15H20N2O/c1-12-3-4-15(14(9-12)5-7-16)17(2)10-13-6-8-18-11-13/h3-4,6,8-9,11H,5,7,10,16H2,1-2H3. The lowest BCUT2D eigenvalue weighted by Gasteiger charge is -2.22. The van der Waals surface area contributed by atoms with Gasteiger partial charge in [-0.25, -0.2) is 0 Å². The molecule has 0 amide bonds. The first-order valence-corrected chi connectivity index (χ1v) is 6.22. The van der Waals surface area contributed by atoms with Gasteiger partial charge in [0, 0.05) is 24.8 Å². The van der Waals surface area contributed by atoms with Crippen molar-refractivity contribution in [1.29, 1.82) is 0 Å². The van der Waals surface area contributed by atoms with Gasteiger partial charge in [0.05, 0.1) is 12.5 Å². The molecular formula is C15H20N2O. The summed E-state index contributed by atoms with van der Waals surface area (Å²) < 4.78 is 5.10. The minimum atomic E-state index is 0.677. The van der Waals surface area contributed by atoms with E-state index < -0.39 is 0 Å². The van der Waals surface area contributed by atoms with E-state index in [2.05, 4.69) is 37.1 Å². The van der Waals surface area contributed by atoms with Gasteiger partial charge in [-0.05, 0) is 37.6 Å². The Morgan fingerprint density at radius 1 is 1.28 bits per heavy atom. The van der Waals surface area contributed by atoms with E-state index in [4.69, 9.17) is 10.2 Å². The van der Waals surface area contributed by atoms with Gasteiger partial charge < -0.3 is 15.1 Å². The van der Waals surface area contributed by atoms with E-state index >= 15 is 0 Å². The fourth-order valence-electron chi connectivity index (χ4n) is 2.18. The summed E-state index contributed by atoms with van der Waals surface area (Å²) in [6.07, 6.45) is 4.40. The molecule has 0 saturated heterocycles. The lowest BCUT2D eigenvalue weighted by atomic mass is 10.1. The number of hydrogen-bond acceptors (Lipinski definition) is 3. The third-order valence-electron chi connectivity index (χ3n) is 3.06. The quantitative estimate of drug-likeness (QED) is 0.879. The summed E-state index contributed by atoms with van der Waals surface area (Å²) in [5, 5.41) is 0. The summed E-state index contributed by atoms with van der Waals surface area (Å²) in [5.41, 5.74) is 10.7. The van der Waals surface area contributed by atoms with Crippen LogP contribution in [0.5, 0.6) is 0 Å². The molecule has 3 heteroatoms. The molecule has 1 aromatic heterocycles. The van der Waals surface area contributed by atoms with Crippen molar-refractivity contribution in [3.8, 4) is 0 Å². The molecule has 0 fully saturated rings. The minimum absolute atomic E-state index is 0.677. The van der Waals surface area contributed by atoms with Crippen molar-refractivity contribution in [2.45, 2.75) is 19.9 Å². The number of rotatable bonds is 5. The Kier molecular flexibility index (Phi) is 4.05. The van der Waals surface area contributed by atoms with E-state index in [1.54, 1.807) is 12.5 Å². The molecular weight excluding hydrogens is 224 g/mol. The van der Waals surface area contributed by atoms with E-state index in [1.807, 2.05) is 6.07 Å². The van der Waals surface area contributed by atoms with Crippen molar-refractivity contribution in [3.63, 3.8) is 0 Å². The van der Waals surface area contributed by atoms with Crippen molar-refractivity contribution >= 4 is 5.69 Å². The maximum absolute atomic E-state index is 5.68. The Bertz CT molecular complexity index is 491. The predicted octanol–water partition coefficient (Wildman–Crippen LogP) is 2.73. The first-order chi connectivity index (χ1) is 8.70. The first-order valence-electron chi connectivity index (χ1n) is 6.22. The van der Waals surface area contributed by atoms with Gasteiger partial charge in [-0.3, -0.25) is 0 Å². The number of hydrogen-bond donors (Lipinski definition) is 1.